The van der Waals surface area contributed by atoms with E-state index in [0.29, 0.717) is 6.29 Å². The lowest BCUT2D eigenvalue weighted by atomic mass is 10.1. The summed E-state index contributed by atoms with van der Waals surface area (Å²) in [7, 11) is 0. The molecule has 0 spiro atoms. The Labute approximate surface area is 90.6 Å². The van der Waals surface area contributed by atoms with Crippen LogP contribution in [-0.2, 0) is 0 Å². The van der Waals surface area contributed by atoms with Crippen LogP contribution < -0.4 is 15.2 Å². The Morgan fingerprint density at radius 3 is 2.56 bits per heavy atom. The maximum absolute atomic E-state index is 10.9. The normalized spacial score (nSPS) is 13.2. The highest BCUT2D eigenvalue weighted by molar-refractivity contribution is 5.98. The summed E-state index contributed by atoms with van der Waals surface area (Å²) in [6.07, 6.45) is 0.522. The fourth-order valence-electron chi connectivity index (χ4n) is 1.53. The Morgan fingerprint density at radius 1 is 1.38 bits per heavy atom. The average Bonchev–Trinajstić information content (AvgIpc) is 2.28. The zero-order valence-electron chi connectivity index (χ0n) is 8.23. The molecule has 6 heteroatoms. The molecule has 0 aliphatic carbocycles. The zero-order chi connectivity index (χ0) is 11.7. The molecule has 0 bridgehead atoms. The number of aldehydes is 1. The van der Waals surface area contributed by atoms with Crippen LogP contribution in [0, 0.1) is 0 Å². The second-order valence-electron chi connectivity index (χ2n) is 3.21. The summed E-state index contributed by atoms with van der Waals surface area (Å²) in [6.45, 7) is 0.506. The number of rotatable bonds is 2. The van der Waals surface area contributed by atoms with Gasteiger partial charge in [-0.1, -0.05) is 0 Å². The van der Waals surface area contributed by atoms with Gasteiger partial charge in [0.2, 0.25) is 0 Å². The van der Waals surface area contributed by atoms with Gasteiger partial charge >= 0.3 is 5.97 Å². The molecule has 3 N–H and O–H groups in total. The van der Waals surface area contributed by atoms with Crippen molar-refractivity contribution >= 4 is 17.9 Å². The highest BCUT2D eigenvalue weighted by Crippen LogP contribution is 2.39. The van der Waals surface area contributed by atoms with Gasteiger partial charge in [0, 0.05) is 5.69 Å². The molecule has 1 aliphatic heterocycles. The second-order valence-corrected chi connectivity index (χ2v) is 3.21. The van der Waals surface area contributed by atoms with Gasteiger partial charge in [-0.05, 0) is 6.07 Å². The maximum atomic E-state index is 10.9. The number of nitrogen functional groups attached to an aromatic ring is 1. The number of carbonyl (C=O) groups excluding carboxylic acids is 1. The van der Waals surface area contributed by atoms with E-state index in [2.05, 4.69) is 0 Å². The van der Waals surface area contributed by atoms with Crippen molar-refractivity contribution in [2.45, 2.75) is 0 Å². The highest BCUT2D eigenvalue weighted by Gasteiger charge is 2.25. The molecule has 0 saturated carbocycles. The van der Waals surface area contributed by atoms with E-state index in [1.807, 2.05) is 0 Å². The molecule has 1 aliphatic rings. The lowest BCUT2D eigenvalue weighted by Gasteiger charge is -2.22. The van der Waals surface area contributed by atoms with Crippen LogP contribution in [0.15, 0.2) is 6.07 Å². The number of aromatic carboxylic acids is 1. The van der Waals surface area contributed by atoms with Gasteiger partial charge < -0.3 is 20.3 Å². The number of benzene rings is 1. The fourth-order valence-corrected chi connectivity index (χ4v) is 1.53. The molecule has 0 fully saturated rings. The lowest BCUT2D eigenvalue weighted by Crippen LogP contribution is -2.20. The van der Waals surface area contributed by atoms with Crippen molar-refractivity contribution in [3.8, 4) is 11.5 Å². The van der Waals surface area contributed by atoms with Crippen LogP contribution in [0.4, 0.5) is 5.69 Å². The van der Waals surface area contributed by atoms with E-state index in [-0.39, 0.29) is 41.5 Å². The third-order valence-electron chi connectivity index (χ3n) is 2.23. The minimum Gasteiger partial charge on any atom is -0.485 e. The summed E-state index contributed by atoms with van der Waals surface area (Å²) in [5.41, 5.74) is 5.66. The Hall–Kier alpha value is -2.24. The van der Waals surface area contributed by atoms with Crippen molar-refractivity contribution in [2.75, 3.05) is 18.9 Å². The molecule has 0 unspecified atom stereocenters. The van der Waals surface area contributed by atoms with E-state index in [1.54, 1.807) is 0 Å². The van der Waals surface area contributed by atoms with Gasteiger partial charge in [-0.3, -0.25) is 4.79 Å². The van der Waals surface area contributed by atoms with Gasteiger partial charge in [-0.25, -0.2) is 4.79 Å². The monoisotopic (exact) mass is 223 g/mol. The standard InChI is InChI=1S/C10H9NO5/c11-7-3-5(10(13)14)8-9(6(7)4-12)16-2-1-15-8/h3-4H,1-2,11H2,(H,13,14). The first-order valence-electron chi connectivity index (χ1n) is 4.55. The van der Waals surface area contributed by atoms with E-state index in [4.69, 9.17) is 20.3 Å². The van der Waals surface area contributed by atoms with Crippen LogP contribution in [0.5, 0.6) is 11.5 Å². The number of nitrogens with two attached hydrogens (primary N) is 1. The summed E-state index contributed by atoms with van der Waals surface area (Å²) in [6, 6.07) is 1.19. The molecule has 84 valence electrons. The number of hydrogen-bond acceptors (Lipinski definition) is 5. The third-order valence-corrected chi connectivity index (χ3v) is 2.23. The molecule has 0 saturated heterocycles. The van der Waals surface area contributed by atoms with Gasteiger partial charge in [-0.2, -0.15) is 0 Å². The number of carbonyl (C=O) groups is 2. The van der Waals surface area contributed by atoms with Gasteiger partial charge in [-0.15, -0.1) is 0 Å². The summed E-state index contributed by atoms with van der Waals surface area (Å²) < 4.78 is 10.4. The molecule has 16 heavy (non-hydrogen) atoms. The molecule has 1 aromatic rings. The van der Waals surface area contributed by atoms with Crippen LogP contribution in [0.25, 0.3) is 0 Å². The SMILES string of the molecule is Nc1cc(C(=O)O)c2c(c1C=O)OCCO2. The molecular weight excluding hydrogens is 214 g/mol. The Kier molecular flexibility index (Phi) is 2.40. The largest absolute Gasteiger partial charge is 0.485 e. The minimum absolute atomic E-state index is 0.0649. The van der Waals surface area contributed by atoms with Crippen molar-refractivity contribution in [2.24, 2.45) is 0 Å². The summed E-state index contributed by atoms with van der Waals surface area (Å²) in [5.74, 6) is -1.00. The van der Waals surface area contributed by atoms with Crippen molar-refractivity contribution in [3.05, 3.63) is 17.2 Å². The van der Waals surface area contributed by atoms with Crippen LogP contribution in [0.2, 0.25) is 0 Å². The molecule has 6 nitrogen and oxygen atoms in total. The minimum atomic E-state index is -1.18. The number of carboxylic acid groups (broad SMARTS) is 1. The first-order chi connectivity index (χ1) is 7.65. The molecule has 0 aromatic heterocycles. The molecule has 2 rings (SSSR count). The average molecular weight is 223 g/mol. The molecular formula is C10H9NO5. The number of hydrogen-bond donors (Lipinski definition) is 2. The molecule has 0 radical (unpaired) electrons. The first kappa shape index (κ1) is 10.3. The molecule has 0 amide bonds. The predicted octanol–water partition coefficient (Wildman–Crippen LogP) is 0.551. The highest BCUT2D eigenvalue weighted by atomic mass is 16.6. The van der Waals surface area contributed by atoms with Crippen LogP contribution in [0.3, 0.4) is 0 Å². The van der Waals surface area contributed by atoms with Crippen LogP contribution in [0.1, 0.15) is 20.7 Å². The summed E-state index contributed by atoms with van der Waals surface area (Å²) in [5, 5.41) is 8.95. The number of anilines is 1. The Bertz CT molecular complexity index is 469. The van der Waals surface area contributed by atoms with Gasteiger partial charge in [0.05, 0.1) is 5.56 Å². The second kappa shape index (κ2) is 3.73. The molecule has 1 aromatic carbocycles. The van der Waals surface area contributed by atoms with E-state index >= 15 is 0 Å². The van der Waals surface area contributed by atoms with Gasteiger partial charge in [0.25, 0.3) is 0 Å². The predicted molar refractivity (Wildman–Crippen MR) is 54.2 cm³/mol. The van der Waals surface area contributed by atoms with Crippen molar-refractivity contribution in [1.29, 1.82) is 0 Å². The van der Waals surface area contributed by atoms with Crippen molar-refractivity contribution < 1.29 is 24.2 Å². The van der Waals surface area contributed by atoms with E-state index < -0.39 is 5.97 Å². The number of ether oxygens (including phenoxy) is 2. The quantitative estimate of drug-likeness (QED) is 0.561. The first-order valence-corrected chi connectivity index (χ1v) is 4.55. The topological polar surface area (TPSA) is 98.9 Å². The summed E-state index contributed by atoms with van der Waals surface area (Å²) in [4.78, 5) is 21.8. The van der Waals surface area contributed by atoms with E-state index in [9.17, 15) is 9.59 Å². The van der Waals surface area contributed by atoms with Gasteiger partial charge in [0.15, 0.2) is 17.8 Å². The summed E-state index contributed by atoms with van der Waals surface area (Å²) >= 11 is 0. The van der Waals surface area contributed by atoms with Crippen LogP contribution >= 0.6 is 0 Å². The number of carboxylic acids is 1. The molecule has 1 heterocycles. The smallest absolute Gasteiger partial charge is 0.339 e. The number of fused-ring (bicyclic) bond motifs is 1. The lowest BCUT2D eigenvalue weighted by molar-refractivity contribution is 0.0685. The third kappa shape index (κ3) is 1.44. The van der Waals surface area contributed by atoms with Crippen molar-refractivity contribution in [3.63, 3.8) is 0 Å². The van der Waals surface area contributed by atoms with Gasteiger partial charge in [0.1, 0.15) is 18.8 Å². The Morgan fingerprint density at radius 2 is 2.00 bits per heavy atom. The van der Waals surface area contributed by atoms with E-state index in [0.717, 1.165) is 0 Å². The Balaban J connectivity index is 2.71. The molecule has 0 atom stereocenters. The van der Waals surface area contributed by atoms with Crippen molar-refractivity contribution in [1.82, 2.24) is 0 Å². The fraction of sp³-hybridized carbons (Fsp3) is 0.200. The van der Waals surface area contributed by atoms with Crippen LogP contribution in [-0.4, -0.2) is 30.6 Å². The maximum Gasteiger partial charge on any atom is 0.339 e. The van der Waals surface area contributed by atoms with E-state index in [1.165, 1.54) is 6.07 Å². The zero-order valence-corrected chi connectivity index (χ0v) is 8.23.